The molecule has 86 valence electrons. The van der Waals surface area contributed by atoms with E-state index < -0.39 is 5.97 Å². The highest BCUT2D eigenvalue weighted by Crippen LogP contribution is 2.24. The zero-order chi connectivity index (χ0) is 11.5. The maximum Gasteiger partial charge on any atom is 0.308 e. The summed E-state index contributed by atoms with van der Waals surface area (Å²) in [5.41, 5.74) is 1.19. The van der Waals surface area contributed by atoms with Gasteiger partial charge >= 0.3 is 5.97 Å². The Labute approximate surface area is 94.9 Å². The number of carboxylic acid groups (broad SMARTS) is 1. The Morgan fingerprint density at radius 1 is 1.50 bits per heavy atom. The first kappa shape index (κ1) is 11.1. The van der Waals surface area contributed by atoms with Crippen LogP contribution in [0.4, 0.5) is 0 Å². The van der Waals surface area contributed by atoms with Crippen molar-refractivity contribution >= 4 is 5.97 Å². The Balaban J connectivity index is 1.96. The van der Waals surface area contributed by atoms with E-state index in [2.05, 4.69) is 9.88 Å². The lowest BCUT2D eigenvalue weighted by atomic mass is 9.99. The third-order valence-electron chi connectivity index (χ3n) is 3.16. The molecule has 2 rings (SSSR count). The van der Waals surface area contributed by atoms with E-state index in [4.69, 9.17) is 5.11 Å². The summed E-state index contributed by atoms with van der Waals surface area (Å²) in [6.45, 7) is 4.33. The molecule has 1 aromatic rings. The zero-order valence-electron chi connectivity index (χ0n) is 9.34. The first-order chi connectivity index (χ1) is 7.66. The van der Waals surface area contributed by atoms with E-state index in [0.29, 0.717) is 6.54 Å². The van der Waals surface area contributed by atoms with Crippen LogP contribution in [0.2, 0.25) is 0 Å². The Morgan fingerprint density at radius 3 is 2.75 bits per heavy atom. The number of hydrogen-bond donors (Lipinski definition) is 1. The molecule has 2 atom stereocenters. The maximum atomic E-state index is 11.0. The molecule has 2 unspecified atom stereocenters. The second-order valence-corrected chi connectivity index (χ2v) is 4.47. The lowest BCUT2D eigenvalue weighted by molar-refractivity contribution is -0.142. The van der Waals surface area contributed by atoms with Gasteiger partial charge < -0.3 is 5.11 Å². The summed E-state index contributed by atoms with van der Waals surface area (Å²) < 4.78 is 0. The van der Waals surface area contributed by atoms with Crippen LogP contribution in [0.1, 0.15) is 12.5 Å². The monoisotopic (exact) mass is 220 g/mol. The summed E-state index contributed by atoms with van der Waals surface area (Å²) in [7, 11) is 0. The zero-order valence-corrected chi connectivity index (χ0v) is 9.34. The van der Waals surface area contributed by atoms with Crippen LogP contribution in [-0.4, -0.2) is 34.0 Å². The molecular weight excluding hydrogens is 204 g/mol. The molecule has 0 aliphatic carbocycles. The number of aliphatic carboxylic acids is 1. The Hall–Kier alpha value is -1.42. The standard InChI is InChI=1S/C12H16N2O2/c1-9-6-14(8-11(9)12(15)16)7-10-2-4-13-5-3-10/h2-5,9,11H,6-8H2,1H3,(H,15,16). The van der Waals surface area contributed by atoms with Gasteiger partial charge in [-0.1, -0.05) is 6.92 Å². The normalized spacial score (nSPS) is 25.8. The molecule has 1 saturated heterocycles. The molecule has 0 bridgehead atoms. The van der Waals surface area contributed by atoms with Gasteiger partial charge in [0.05, 0.1) is 5.92 Å². The Morgan fingerprint density at radius 2 is 2.19 bits per heavy atom. The van der Waals surface area contributed by atoms with Crippen molar-refractivity contribution in [1.82, 2.24) is 9.88 Å². The number of nitrogens with zero attached hydrogens (tertiary/aromatic N) is 2. The van der Waals surface area contributed by atoms with Crippen LogP contribution in [0.5, 0.6) is 0 Å². The number of carboxylic acids is 1. The van der Waals surface area contributed by atoms with Gasteiger partial charge in [0.25, 0.3) is 0 Å². The van der Waals surface area contributed by atoms with Crippen LogP contribution in [0, 0.1) is 11.8 Å². The number of pyridine rings is 1. The number of carbonyl (C=O) groups is 1. The highest BCUT2D eigenvalue weighted by molar-refractivity contribution is 5.71. The van der Waals surface area contributed by atoms with E-state index in [-0.39, 0.29) is 11.8 Å². The molecule has 1 aliphatic heterocycles. The summed E-state index contributed by atoms with van der Waals surface area (Å²) in [4.78, 5) is 17.1. The van der Waals surface area contributed by atoms with Crippen molar-refractivity contribution in [3.05, 3.63) is 30.1 Å². The molecule has 16 heavy (non-hydrogen) atoms. The Kier molecular flexibility index (Phi) is 3.19. The summed E-state index contributed by atoms with van der Waals surface area (Å²) >= 11 is 0. The lowest BCUT2D eigenvalue weighted by Crippen LogP contribution is -2.23. The van der Waals surface area contributed by atoms with Crippen molar-refractivity contribution in [2.24, 2.45) is 11.8 Å². The van der Waals surface area contributed by atoms with E-state index in [9.17, 15) is 4.79 Å². The van der Waals surface area contributed by atoms with Gasteiger partial charge in [0.15, 0.2) is 0 Å². The van der Waals surface area contributed by atoms with Crippen LogP contribution >= 0.6 is 0 Å². The van der Waals surface area contributed by atoms with Gasteiger partial charge in [-0.3, -0.25) is 14.7 Å². The second-order valence-electron chi connectivity index (χ2n) is 4.47. The quantitative estimate of drug-likeness (QED) is 0.832. The van der Waals surface area contributed by atoms with E-state index in [1.165, 1.54) is 5.56 Å². The minimum absolute atomic E-state index is 0.221. The minimum Gasteiger partial charge on any atom is -0.481 e. The van der Waals surface area contributed by atoms with Gasteiger partial charge in [0.1, 0.15) is 0 Å². The van der Waals surface area contributed by atoms with Crippen molar-refractivity contribution in [3.8, 4) is 0 Å². The molecule has 4 heteroatoms. The van der Waals surface area contributed by atoms with Crippen molar-refractivity contribution in [1.29, 1.82) is 0 Å². The molecule has 0 aromatic carbocycles. The SMILES string of the molecule is CC1CN(Cc2ccncc2)CC1C(=O)O. The predicted molar refractivity (Wildman–Crippen MR) is 59.8 cm³/mol. The van der Waals surface area contributed by atoms with Gasteiger partial charge in [0.2, 0.25) is 0 Å². The van der Waals surface area contributed by atoms with Crippen LogP contribution in [-0.2, 0) is 11.3 Å². The largest absolute Gasteiger partial charge is 0.481 e. The maximum absolute atomic E-state index is 11.0. The molecule has 1 N–H and O–H groups in total. The topological polar surface area (TPSA) is 53.4 Å². The van der Waals surface area contributed by atoms with Crippen LogP contribution < -0.4 is 0 Å². The second kappa shape index (κ2) is 4.61. The Bertz CT molecular complexity index is 367. The molecule has 0 saturated carbocycles. The molecule has 0 amide bonds. The smallest absolute Gasteiger partial charge is 0.308 e. The van der Waals surface area contributed by atoms with E-state index in [1.54, 1.807) is 12.4 Å². The number of rotatable bonds is 3. The van der Waals surface area contributed by atoms with Gasteiger partial charge in [-0.05, 0) is 23.6 Å². The molecule has 4 nitrogen and oxygen atoms in total. The third kappa shape index (κ3) is 2.39. The van der Waals surface area contributed by atoms with E-state index >= 15 is 0 Å². The first-order valence-electron chi connectivity index (χ1n) is 5.51. The molecule has 0 radical (unpaired) electrons. The molecular formula is C12H16N2O2. The average Bonchev–Trinajstić information content (AvgIpc) is 2.61. The van der Waals surface area contributed by atoms with Crippen LogP contribution in [0.3, 0.4) is 0 Å². The molecule has 2 heterocycles. The van der Waals surface area contributed by atoms with Crippen LogP contribution in [0.15, 0.2) is 24.5 Å². The fourth-order valence-corrected chi connectivity index (χ4v) is 2.26. The summed E-state index contributed by atoms with van der Waals surface area (Å²) in [5, 5.41) is 9.03. The first-order valence-corrected chi connectivity index (χ1v) is 5.51. The number of hydrogen-bond acceptors (Lipinski definition) is 3. The third-order valence-corrected chi connectivity index (χ3v) is 3.16. The molecule has 1 aliphatic rings. The molecule has 1 aromatic heterocycles. The fourth-order valence-electron chi connectivity index (χ4n) is 2.26. The highest BCUT2D eigenvalue weighted by Gasteiger charge is 2.34. The van der Waals surface area contributed by atoms with Crippen molar-refractivity contribution < 1.29 is 9.90 Å². The van der Waals surface area contributed by atoms with E-state index in [0.717, 1.165) is 13.1 Å². The molecule has 1 fully saturated rings. The predicted octanol–water partition coefficient (Wildman–Crippen LogP) is 1.23. The minimum atomic E-state index is -0.676. The molecule has 0 spiro atoms. The number of aromatic nitrogens is 1. The summed E-state index contributed by atoms with van der Waals surface area (Å²) in [6, 6.07) is 3.94. The van der Waals surface area contributed by atoms with Gasteiger partial charge in [0, 0.05) is 32.0 Å². The van der Waals surface area contributed by atoms with Gasteiger partial charge in [-0.25, -0.2) is 0 Å². The average molecular weight is 220 g/mol. The number of likely N-dealkylation sites (tertiary alicyclic amines) is 1. The van der Waals surface area contributed by atoms with Gasteiger partial charge in [-0.2, -0.15) is 0 Å². The van der Waals surface area contributed by atoms with Crippen LogP contribution in [0.25, 0.3) is 0 Å². The van der Waals surface area contributed by atoms with Crippen molar-refractivity contribution in [3.63, 3.8) is 0 Å². The van der Waals surface area contributed by atoms with Gasteiger partial charge in [-0.15, -0.1) is 0 Å². The summed E-state index contributed by atoms with van der Waals surface area (Å²) in [6.07, 6.45) is 3.53. The highest BCUT2D eigenvalue weighted by atomic mass is 16.4. The lowest BCUT2D eigenvalue weighted by Gasteiger charge is -2.14. The van der Waals surface area contributed by atoms with Crippen molar-refractivity contribution in [2.45, 2.75) is 13.5 Å². The summed E-state index contributed by atoms with van der Waals surface area (Å²) in [5.74, 6) is -0.661. The fraction of sp³-hybridized carbons (Fsp3) is 0.500. The van der Waals surface area contributed by atoms with Crippen molar-refractivity contribution in [2.75, 3.05) is 13.1 Å². The van der Waals surface area contributed by atoms with E-state index in [1.807, 2.05) is 19.1 Å².